The summed E-state index contributed by atoms with van der Waals surface area (Å²) in [5.74, 6) is 0.193. The second kappa shape index (κ2) is 3.67. The van der Waals surface area contributed by atoms with Gasteiger partial charge in [0.25, 0.3) is 0 Å². The molecule has 0 saturated heterocycles. The SMILES string of the molecule is Cc1nc2cccc(C(C)CO)c2s1. The molecule has 0 radical (unpaired) electrons. The molecule has 2 rings (SSSR count). The van der Waals surface area contributed by atoms with Crippen LogP contribution >= 0.6 is 11.3 Å². The molecular weight excluding hydrogens is 194 g/mol. The standard InChI is InChI=1S/C11H13NOS/c1-7(6-13)9-4-3-5-10-11(9)14-8(2)12-10/h3-5,7,13H,6H2,1-2H3. The molecular formula is C11H13NOS. The number of aliphatic hydroxyl groups is 1. The first-order valence-electron chi connectivity index (χ1n) is 4.69. The third-order valence-electron chi connectivity index (χ3n) is 2.36. The Labute approximate surface area is 87.2 Å². The topological polar surface area (TPSA) is 33.1 Å². The highest BCUT2D eigenvalue weighted by Gasteiger charge is 2.10. The van der Waals surface area contributed by atoms with E-state index in [4.69, 9.17) is 5.11 Å². The normalized spacial score (nSPS) is 13.4. The van der Waals surface area contributed by atoms with Gasteiger partial charge in [-0.3, -0.25) is 0 Å². The molecule has 0 spiro atoms. The van der Waals surface area contributed by atoms with Gasteiger partial charge in [-0.2, -0.15) is 0 Å². The average molecular weight is 207 g/mol. The fraction of sp³-hybridized carbons (Fsp3) is 0.364. The molecule has 0 saturated carbocycles. The number of hydrogen-bond acceptors (Lipinski definition) is 3. The van der Waals surface area contributed by atoms with Crippen molar-refractivity contribution in [2.24, 2.45) is 0 Å². The van der Waals surface area contributed by atoms with Gasteiger partial charge in [-0.05, 0) is 18.6 Å². The summed E-state index contributed by atoms with van der Waals surface area (Å²) in [6.45, 7) is 4.23. The summed E-state index contributed by atoms with van der Waals surface area (Å²) in [6, 6.07) is 6.09. The van der Waals surface area contributed by atoms with E-state index in [9.17, 15) is 0 Å². The van der Waals surface area contributed by atoms with E-state index in [0.717, 1.165) is 10.5 Å². The summed E-state index contributed by atoms with van der Waals surface area (Å²) in [6.07, 6.45) is 0. The quantitative estimate of drug-likeness (QED) is 0.821. The monoisotopic (exact) mass is 207 g/mol. The summed E-state index contributed by atoms with van der Waals surface area (Å²) >= 11 is 1.70. The minimum absolute atomic E-state index is 0.191. The summed E-state index contributed by atoms with van der Waals surface area (Å²) in [5.41, 5.74) is 2.25. The molecule has 0 aliphatic rings. The van der Waals surface area contributed by atoms with Crippen LogP contribution in [-0.4, -0.2) is 16.7 Å². The van der Waals surface area contributed by atoms with Crippen LogP contribution in [0.2, 0.25) is 0 Å². The van der Waals surface area contributed by atoms with E-state index in [0.29, 0.717) is 0 Å². The zero-order valence-electron chi connectivity index (χ0n) is 8.32. The maximum Gasteiger partial charge on any atom is 0.0907 e. The van der Waals surface area contributed by atoms with Crippen LogP contribution in [0.3, 0.4) is 0 Å². The number of fused-ring (bicyclic) bond motifs is 1. The molecule has 1 N–H and O–H groups in total. The number of rotatable bonds is 2. The summed E-state index contributed by atoms with van der Waals surface area (Å²) < 4.78 is 1.21. The number of thiazole rings is 1. The highest BCUT2D eigenvalue weighted by molar-refractivity contribution is 7.18. The molecule has 1 aromatic heterocycles. The third-order valence-corrected chi connectivity index (χ3v) is 3.39. The molecule has 0 fully saturated rings. The van der Waals surface area contributed by atoms with E-state index in [-0.39, 0.29) is 12.5 Å². The van der Waals surface area contributed by atoms with Crippen molar-refractivity contribution in [3.63, 3.8) is 0 Å². The predicted molar refractivity (Wildman–Crippen MR) is 59.9 cm³/mol. The molecule has 0 aliphatic heterocycles. The summed E-state index contributed by atoms with van der Waals surface area (Å²) in [7, 11) is 0. The Morgan fingerprint density at radius 2 is 2.29 bits per heavy atom. The first-order chi connectivity index (χ1) is 6.72. The number of hydrogen-bond donors (Lipinski definition) is 1. The number of nitrogens with zero attached hydrogens (tertiary/aromatic N) is 1. The van der Waals surface area contributed by atoms with Gasteiger partial charge in [-0.1, -0.05) is 19.1 Å². The minimum Gasteiger partial charge on any atom is -0.396 e. The number of aromatic nitrogens is 1. The molecule has 0 amide bonds. The van der Waals surface area contributed by atoms with E-state index in [1.165, 1.54) is 10.3 Å². The van der Waals surface area contributed by atoms with Gasteiger partial charge in [0, 0.05) is 12.5 Å². The van der Waals surface area contributed by atoms with Gasteiger partial charge in [0.05, 0.1) is 15.2 Å². The van der Waals surface area contributed by atoms with Gasteiger partial charge in [0.15, 0.2) is 0 Å². The van der Waals surface area contributed by atoms with Crippen molar-refractivity contribution in [1.82, 2.24) is 4.98 Å². The molecule has 0 bridgehead atoms. The van der Waals surface area contributed by atoms with Crippen molar-refractivity contribution in [2.75, 3.05) is 6.61 Å². The maximum atomic E-state index is 9.14. The first-order valence-corrected chi connectivity index (χ1v) is 5.51. The zero-order valence-corrected chi connectivity index (χ0v) is 9.14. The summed E-state index contributed by atoms with van der Waals surface area (Å²) in [4.78, 5) is 4.43. The molecule has 1 unspecified atom stereocenters. The second-order valence-electron chi connectivity index (χ2n) is 3.51. The van der Waals surface area contributed by atoms with Crippen LogP contribution < -0.4 is 0 Å². The fourth-order valence-corrected chi connectivity index (χ4v) is 2.61. The van der Waals surface area contributed by atoms with Crippen molar-refractivity contribution in [2.45, 2.75) is 19.8 Å². The van der Waals surface area contributed by atoms with Crippen LogP contribution in [-0.2, 0) is 0 Å². The van der Waals surface area contributed by atoms with Crippen molar-refractivity contribution in [3.05, 3.63) is 28.8 Å². The van der Waals surface area contributed by atoms with Crippen molar-refractivity contribution in [1.29, 1.82) is 0 Å². The van der Waals surface area contributed by atoms with Crippen LogP contribution in [0.5, 0.6) is 0 Å². The van der Waals surface area contributed by atoms with Gasteiger partial charge in [-0.15, -0.1) is 11.3 Å². The third kappa shape index (κ3) is 1.53. The molecule has 2 aromatic rings. The van der Waals surface area contributed by atoms with Crippen molar-refractivity contribution < 1.29 is 5.11 Å². The van der Waals surface area contributed by atoms with Gasteiger partial charge in [0.1, 0.15) is 0 Å². The van der Waals surface area contributed by atoms with Gasteiger partial charge < -0.3 is 5.11 Å². The number of aliphatic hydroxyl groups excluding tert-OH is 1. The van der Waals surface area contributed by atoms with E-state index >= 15 is 0 Å². The van der Waals surface area contributed by atoms with Crippen LogP contribution in [0.4, 0.5) is 0 Å². The first kappa shape index (κ1) is 9.62. The molecule has 1 heterocycles. The Kier molecular flexibility index (Phi) is 2.52. The van der Waals surface area contributed by atoms with Gasteiger partial charge in [0.2, 0.25) is 0 Å². The zero-order chi connectivity index (χ0) is 10.1. The van der Waals surface area contributed by atoms with Crippen LogP contribution in [0.25, 0.3) is 10.2 Å². The lowest BCUT2D eigenvalue weighted by atomic mass is 10.0. The highest BCUT2D eigenvalue weighted by atomic mass is 32.1. The van der Waals surface area contributed by atoms with E-state index in [1.807, 2.05) is 26.0 Å². The molecule has 0 aliphatic carbocycles. The predicted octanol–water partition coefficient (Wildman–Crippen LogP) is 2.70. The Morgan fingerprint density at radius 1 is 1.50 bits per heavy atom. The van der Waals surface area contributed by atoms with Crippen LogP contribution in [0.1, 0.15) is 23.4 Å². The molecule has 1 aromatic carbocycles. The van der Waals surface area contributed by atoms with E-state index in [2.05, 4.69) is 11.1 Å². The van der Waals surface area contributed by atoms with E-state index < -0.39 is 0 Å². The lowest BCUT2D eigenvalue weighted by Gasteiger charge is -2.08. The Morgan fingerprint density at radius 3 is 3.00 bits per heavy atom. The molecule has 2 nitrogen and oxygen atoms in total. The average Bonchev–Trinajstić information content (AvgIpc) is 2.56. The smallest absolute Gasteiger partial charge is 0.0907 e. The maximum absolute atomic E-state index is 9.14. The lowest BCUT2D eigenvalue weighted by Crippen LogP contribution is -1.98. The van der Waals surface area contributed by atoms with Crippen LogP contribution in [0.15, 0.2) is 18.2 Å². The minimum atomic E-state index is 0.191. The molecule has 14 heavy (non-hydrogen) atoms. The largest absolute Gasteiger partial charge is 0.396 e. The highest BCUT2D eigenvalue weighted by Crippen LogP contribution is 2.29. The number of benzene rings is 1. The second-order valence-corrected chi connectivity index (χ2v) is 4.72. The summed E-state index contributed by atoms with van der Waals surface area (Å²) in [5, 5.41) is 10.2. The number of aryl methyl sites for hydroxylation is 1. The van der Waals surface area contributed by atoms with E-state index in [1.54, 1.807) is 11.3 Å². The fourth-order valence-electron chi connectivity index (χ4n) is 1.57. The molecule has 3 heteroatoms. The molecule has 1 atom stereocenters. The Bertz CT molecular complexity index is 449. The Hall–Kier alpha value is -0.930. The van der Waals surface area contributed by atoms with Crippen LogP contribution in [0, 0.1) is 6.92 Å². The van der Waals surface area contributed by atoms with Gasteiger partial charge in [-0.25, -0.2) is 4.98 Å². The lowest BCUT2D eigenvalue weighted by molar-refractivity contribution is 0.274. The molecule has 74 valence electrons. The van der Waals surface area contributed by atoms with Crippen molar-refractivity contribution >= 4 is 21.6 Å². The van der Waals surface area contributed by atoms with Crippen molar-refractivity contribution in [3.8, 4) is 0 Å². The Balaban J connectivity index is 2.64. The van der Waals surface area contributed by atoms with Gasteiger partial charge >= 0.3 is 0 Å².